The van der Waals surface area contributed by atoms with Crippen molar-refractivity contribution in [3.63, 3.8) is 0 Å². The third-order valence-electron chi connectivity index (χ3n) is 4.64. The number of hydrogen-bond donors (Lipinski definition) is 1. The summed E-state index contributed by atoms with van der Waals surface area (Å²) in [5.41, 5.74) is 1.51. The molecule has 0 unspecified atom stereocenters. The second-order valence-corrected chi connectivity index (χ2v) is 7.29. The zero-order chi connectivity index (χ0) is 21.3. The van der Waals surface area contributed by atoms with Gasteiger partial charge < -0.3 is 18.8 Å². The van der Waals surface area contributed by atoms with Crippen molar-refractivity contribution in [3.8, 4) is 17.1 Å². The summed E-state index contributed by atoms with van der Waals surface area (Å²) in [6, 6.07) is 10.6. The minimum Gasteiger partial charge on any atom is -0.483 e. The molecule has 2 aromatic carbocycles. The standard InChI is InChI=1S/C21H19ClN4O4/c1-3-8-26-16-6-4-13(10-15(16)23-20(27)21(26)28)19-24-18(30-25-19)11-29-17-7-5-14(22)9-12(17)2/h4-7,9-10H,3,8,11H2,1-2H3,(H,23,27). The van der Waals surface area contributed by atoms with Crippen molar-refractivity contribution in [2.24, 2.45) is 0 Å². The predicted octanol–water partition coefficient (Wildman–Crippen LogP) is 3.69. The molecular formula is C21H19ClN4O4. The summed E-state index contributed by atoms with van der Waals surface area (Å²) < 4.78 is 12.5. The molecule has 8 nitrogen and oxygen atoms in total. The van der Waals surface area contributed by atoms with Gasteiger partial charge in [0, 0.05) is 17.1 Å². The molecule has 0 aliphatic carbocycles. The van der Waals surface area contributed by atoms with E-state index in [0.29, 0.717) is 45.6 Å². The molecule has 0 fully saturated rings. The van der Waals surface area contributed by atoms with Gasteiger partial charge in [0.1, 0.15) is 5.75 Å². The molecule has 154 valence electrons. The van der Waals surface area contributed by atoms with Gasteiger partial charge in [0.15, 0.2) is 6.61 Å². The Kier molecular flexibility index (Phi) is 5.41. The van der Waals surface area contributed by atoms with Crippen LogP contribution in [0.5, 0.6) is 5.75 Å². The van der Waals surface area contributed by atoms with Crippen LogP contribution in [0.3, 0.4) is 0 Å². The fourth-order valence-electron chi connectivity index (χ4n) is 3.21. The van der Waals surface area contributed by atoms with E-state index in [0.717, 1.165) is 12.0 Å². The van der Waals surface area contributed by atoms with Crippen LogP contribution in [-0.2, 0) is 13.2 Å². The first-order valence-corrected chi connectivity index (χ1v) is 9.83. The molecule has 0 bridgehead atoms. The number of aromatic amines is 1. The molecule has 0 radical (unpaired) electrons. The van der Waals surface area contributed by atoms with Crippen molar-refractivity contribution >= 4 is 22.6 Å². The molecule has 4 aromatic rings. The molecular weight excluding hydrogens is 408 g/mol. The number of aryl methyl sites for hydroxylation is 2. The summed E-state index contributed by atoms with van der Waals surface area (Å²) in [5.74, 6) is 1.35. The summed E-state index contributed by atoms with van der Waals surface area (Å²) in [6.07, 6.45) is 0.738. The molecule has 0 saturated heterocycles. The van der Waals surface area contributed by atoms with Gasteiger partial charge in [0.05, 0.1) is 11.0 Å². The largest absolute Gasteiger partial charge is 0.483 e. The number of rotatable bonds is 6. The summed E-state index contributed by atoms with van der Waals surface area (Å²) in [6.45, 7) is 4.42. The van der Waals surface area contributed by atoms with Crippen LogP contribution < -0.4 is 15.9 Å². The van der Waals surface area contributed by atoms with Crippen molar-refractivity contribution in [1.82, 2.24) is 19.7 Å². The third kappa shape index (κ3) is 3.86. The fraction of sp³-hybridized carbons (Fsp3) is 0.238. The first kappa shape index (κ1) is 19.9. The molecule has 0 spiro atoms. The van der Waals surface area contributed by atoms with Gasteiger partial charge in [-0.3, -0.25) is 9.59 Å². The number of H-pyrrole nitrogens is 1. The number of aromatic nitrogens is 4. The lowest BCUT2D eigenvalue weighted by Gasteiger charge is -2.08. The zero-order valence-electron chi connectivity index (χ0n) is 16.4. The molecule has 2 aromatic heterocycles. The molecule has 30 heavy (non-hydrogen) atoms. The number of fused-ring (bicyclic) bond motifs is 1. The molecule has 1 N–H and O–H groups in total. The Morgan fingerprint density at radius 2 is 2.03 bits per heavy atom. The molecule has 0 atom stereocenters. The summed E-state index contributed by atoms with van der Waals surface area (Å²) >= 11 is 5.96. The van der Waals surface area contributed by atoms with Gasteiger partial charge in [-0.15, -0.1) is 0 Å². The lowest BCUT2D eigenvalue weighted by Crippen LogP contribution is -2.36. The lowest BCUT2D eigenvalue weighted by atomic mass is 10.2. The molecule has 9 heteroatoms. The van der Waals surface area contributed by atoms with Crippen LogP contribution in [0.25, 0.3) is 22.4 Å². The van der Waals surface area contributed by atoms with E-state index < -0.39 is 11.1 Å². The van der Waals surface area contributed by atoms with Gasteiger partial charge in [0.25, 0.3) is 5.89 Å². The molecule has 0 aliphatic heterocycles. The number of nitrogens with one attached hydrogen (secondary N) is 1. The maximum Gasteiger partial charge on any atom is 0.316 e. The van der Waals surface area contributed by atoms with Crippen molar-refractivity contribution in [3.05, 3.63) is 73.6 Å². The maximum absolute atomic E-state index is 12.1. The number of benzene rings is 2. The van der Waals surface area contributed by atoms with Gasteiger partial charge in [-0.05, 0) is 55.3 Å². The quantitative estimate of drug-likeness (QED) is 0.471. The zero-order valence-corrected chi connectivity index (χ0v) is 17.2. The molecule has 0 saturated carbocycles. The number of halogens is 1. The summed E-state index contributed by atoms with van der Waals surface area (Å²) in [4.78, 5) is 31.1. The normalized spacial score (nSPS) is 11.2. The van der Waals surface area contributed by atoms with Crippen LogP contribution in [0.2, 0.25) is 5.02 Å². The summed E-state index contributed by atoms with van der Waals surface area (Å²) in [7, 11) is 0. The Morgan fingerprint density at radius 1 is 1.20 bits per heavy atom. The Bertz CT molecular complexity index is 1340. The van der Waals surface area contributed by atoms with Gasteiger partial charge >= 0.3 is 11.1 Å². The van der Waals surface area contributed by atoms with Crippen LogP contribution in [0.1, 0.15) is 24.8 Å². The van der Waals surface area contributed by atoms with Crippen molar-refractivity contribution in [2.75, 3.05) is 0 Å². The number of hydrogen-bond acceptors (Lipinski definition) is 6. The Balaban J connectivity index is 1.60. The van der Waals surface area contributed by atoms with E-state index in [1.165, 1.54) is 4.57 Å². The van der Waals surface area contributed by atoms with Crippen LogP contribution in [-0.4, -0.2) is 19.7 Å². The highest BCUT2D eigenvalue weighted by Crippen LogP contribution is 2.24. The van der Waals surface area contributed by atoms with Crippen LogP contribution in [0.4, 0.5) is 0 Å². The maximum atomic E-state index is 12.1. The van der Waals surface area contributed by atoms with Crippen LogP contribution >= 0.6 is 11.6 Å². The topological polar surface area (TPSA) is 103 Å². The van der Waals surface area contributed by atoms with Gasteiger partial charge in [-0.1, -0.05) is 23.7 Å². The number of ether oxygens (including phenoxy) is 1. The Labute approximate surface area is 176 Å². The van der Waals surface area contributed by atoms with E-state index in [4.69, 9.17) is 20.9 Å². The van der Waals surface area contributed by atoms with Gasteiger partial charge in [0.2, 0.25) is 5.82 Å². The van der Waals surface area contributed by atoms with Crippen molar-refractivity contribution < 1.29 is 9.26 Å². The second-order valence-electron chi connectivity index (χ2n) is 6.85. The molecule has 0 amide bonds. The van der Waals surface area contributed by atoms with Gasteiger partial charge in [-0.25, -0.2) is 0 Å². The monoisotopic (exact) mass is 426 g/mol. The average molecular weight is 427 g/mol. The van der Waals surface area contributed by atoms with E-state index in [1.54, 1.807) is 30.3 Å². The predicted molar refractivity (Wildman–Crippen MR) is 113 cm³/mol. The first-order chi connectivity index (χ1) is 14.5. The average Bonchev–Trinajstić information content (AvgIpc) is 3.19. The smallest absolute Gasteiger partial charge is 0.316 e. The van der Waals surface area contributed by atoms with Crippen LogP contribution in [0, 0.1) is 6.92 Å². The fourth-order valence-corrected chi connectivity index (χ4v) is 3.44. The minimum absolute atomic E-state index is 0.107. The Morgan fingerprint density at radius 3 is 2.80 bits per heavy atom. The molecule has 4 rings (SSSR count). The van der Waals surface area contributed by atoms with Crippen LogP contribution in [0.15, 0.2) is 50.5 Å². The highest BCUT2D eigenvalue weighted by atomic mass is 35.5. The first-order valence-electron chi connectivity index (χ1n) is 9.45. The Hall–Kier alpha value is -3.39. The van der Waals surface area contributed by atoms with Crippen molar-refractivity contribution in [2.45, 2.75) is 33.4 Å². The summed E-state index contributed by atoms with van der Waals surface area (Å²) in [5, 5.41) is 4.63. The minimum atomic E-state index is -0.659. The van der Waals surface area contributed by atoms with E-state index in [-0.39, 0.29) is 6.61 Å². The van der Waals surface area contributed by atoms with Gasteiger partial charge in [-0.2, -0.15) is 4.98 Å². The van der Waals surface area contributed by atoms with E-state index in [1.807, 2.05) is 19.9 Å². The third-order valence-corrected chi connectivity index (χ3v) is 4.87. The number of nitrogens with zero attached hydrogens (tertiary/aromatic N) is 3. The SMILES string of the molecule is CCCn1c(=O)c(=O)[nH]c2cc(-c3noc(COc4ccc(Cl)cc4C)n3)ccc21. The van der Waals surface area contributed by atoms with Crippen molar-refractivity contribution in [1.29, 1.82) is 0 Å². The van der Waals surface area contributed by atoms with E-state index in [9.17, 15) is 9.59 Å². The van der Waals surface area contributed by atoms with E-state index >= 15 is 0 Å². The molecule has 0 aliphatic rings. The lowest BCUT2D eigenvalue weighted by molar-refractivity contribution is 0.242. The highest BCUT2D eigenvalue weighted by Gasteiger charge is 2.13. The van der Waals surface area contributed by atoms with E-state index in [2.05, 4.69) is 15.1 Å². The highest BCUT2D eigenvalue weighted by molar-refractivity contribution is 6.30. The second kappa shape index (κ2) is 8.16. The molecule has 2 heterocycles.